The van der Waals surface area contributed by atoms with E-state index in [4.69, 9.17) is 17.3 Å². The Morgan fingerprint density at radius 1 is 1.33 bits per heavy atom. The quantitative estimate of drug-likeness (QED) is 0.861. The molecule has 0 atom stereocenters. The lowest BCUT2D eigenvalue weighted by molar-refractivity contribution is 0.873. The number of pyridine rings is 1. The zero-order valence-corrected chi connectivity index (χ0v) is 11.1. The van der Waals surface area contributed by atoms with Crippen LogP contribution in [0.3, 0.4) is 0 Å². The van der Waals surface area contributed by atoms with Gasteiger partial charge in [0, 0.05) is 31.0 Å². The smallest absolute Gasteiger partial charge is 0.0598 e. The van der Waals surface area contributed by atoms with Crippen LogP contribution in [0, 0.1) is 0 Å². The third-order valence-electron chi connectivity index (χ3n) is 2.86. The Balaban J connectivity index is 2.01. The second kappa shape index (κ2) is 5.74. The van der Waals surface area contributed by atoms with Crippen molar-refractivity contribution in [2.45, 2.75) is 6.42 Å². The van der Waals surface area contributed by atoms with Gasteiger partial charge in [-0.2, -0.15) is 0 Å². The van der Waals surface area contributed by atoms with Gasteiger partial charge in [-0.3, -0.25) is 4.98 Å². The molecule has 1 heterocycles. The second-order valence-electron chi connectivity index (χ2n) is 4.24. The van der Waals surface area contributed by atoms with Gasteiger partial charge in [0.2, 0.25) is 0 Å². The maximum Gasteiger partial charge on any atom is 0.0598 e. The number of rotatable bonds is 4. The van der Waals surface area contributed by atoms with Crippen LogP contribution in [0.15, 0.2) is 42.7 Å². The maximum atomic E-state index is 5.95. The van der Waals surface area contributed by atoms with E-state index in [9.17, 15) is 0 Å². The Morgan fingerprint density at radius 2 is 2.17 bits per heavy atom. The number of nitrogens with two attached hydrogens (primary N) is 1. The first-order valence-corrected chi connectivity index (χ1v) is 6.19. The highest BCUT2D eigenvalue weighted by atomic mass is 35.5. The molecule has 0 bridgehead atoms. The fraction of sp³-hybridized carbons (Fsp3) is 0.214. The minimum Gasteiger partial charge on any atom is -0.397 e. The molecule has 2 rings (SSSR count). The Morgan fingerprint density at radius 3 is 2.83 bits per heavy atom. The van der Waals surface area contributed by atoms with E-state index < -0.39 is 0 Å². The van der Waals surface area contributed by atoms with Gasteiger partial charge in [-0.1, -0.05) is 17.7 Å². The third-order valence-corrected chi connectivity index (χ3v) is 3.09. The highest BCUT2D eigenvalue weighted by Crippen LogP contribution is 2.25. The number of aromatic nitrogens is 1. The molecule has 1 aromatic carbocycles. The zero-order valence-electron chi connectivity index (χ0n) is 10.3. The van der Waals surface area contributed by atoms with E-state index in [2.05, 4.69) is 16.0 Å². The molecule has 0 unspecified atom stereocenters. The summed E-state index contributed by atoms with van der Waals surface area (Å²) in [5, 5.41) is 0.664. The van der Waals surface area contributed by atoms with Crippen molar-refractivity contribution in [2.75, 3.05) is 24.2 Å². The number of hydrogen-bond donors (Lipinski definition) is 1. The molecular weight excluding hydrogens is 246 g/mol. The molecule has 0 aliphatic rings. The summed E-state index contributed by atoms with van der Waals surface area (Å²) in [6.07, 6.45) is 4.61. The molecule has 0 amide bonds. The van der Waals surface area contributed by atoms with Gasteiger partial charge in [-0.05, 0) is 36.2 Å². The second-order valence-corrected chi connectivity index (χ2v) is 4.67. The van der Waals surface area contributed by atoms with Gasteiger partial charge < -0.3 is 10.6 Å². The van der Waals surface area contributed by atoms with E-state index in [1.807, 2.05) is 31.4 Å². The largest absolute Gasteiger partial charge is 0.397 e. The van der Waals surface area contributed by atoms with Crippen molar-refractivity contribution in [3.05, 3.63) is 53.3 Å². The minimum atomic E-state index is 0.664. The molecule has 0 radical (unpaired) electrons. The van der Waals surface area contributed by atoms with Crippen LogP contribution in [-0.4, -0.2) is 18.6 Å². The summed E-state index contributed by atoms with van der Waals surface area (Å²) in [6, 6.07) is 9.60. The number of anilines is 2. The van der Waals surface area contributed by atoms with E-state index in [0.717, 1.165) is 18.7 Å². The number of nitrogens with zero attached hydrogens (tertiary/aromatic N) is 2. The van der Waals surface area contributed by atoms with Crippen molar-refractivity contribution in [1.82, 2.24) is 4.98 Å². The first-order chi connectivity index (χ1) is 8.66. The standard InChI is InChI=1S/C14H16ClN3/c1-18(8-6-11-3-2-7-17-10-11)14-5-4-12(15)9-13(14)16/h2-5,7,9-10H,6,8,16H2,1H3. The fourth-order valence-corrected chi connectivity index (χ4v) is 2.02. The summed E-state index contributed by atoms with van der Waals surface area (Å²) < 4.78 is 0. The molecule has 0 fully saturated rings. The van der Waals surface area contributed by atoms with E-state index >= 15 is 0 Å². The molecule has 3 nitrogen and oxygen atoms in total. The molecule has 0 saturated heterocycles. The molecule has 0 aliphatic carbocycles. The Kier molecular flexibility index (Phi) is 4.05. The molecule has 4 heteroatoms. The molecule has 2 aromatic rings. The van der Waals surface area contributed by atoms with Crippen LogP contribution in [0.2, 0.25) is 5.02 Å². The summed E-state index contributed by atoms with van der Waals surface area (Å²) in [4.78, 5) is 6.23. The monoisotopic (exact) mass is 261 g/mol. The lowest BCUT2D eigenvalue weighted by Gasteiger charge is -2.21. The molecule has 94 valence electrons. The molecule has 18 heavy (non-hydrogen) atoms. The fourth-order valence-electron chi connectivity index (χ4n) is 1.84. The van der Waals surface area contributed by atoms with Gasteiger partial charge in [0.15, 0.2) is 0 Å². The maximum absolute atomic E-state index is 5.95. The molecule has 2 N–H and O–H groups in total. The van der Waals surface area contributed by atoms with Gasteiger partial charge in [0.1, 0.15) is 0 Å². The van der Waals surface area contributed by atoms with E-state index in [1.54, 1.807) is 12.3 Å². The number of halogens is 1. The SMILES string of the molecule is CN(CCc1cccnc1)c1ccc(Cl)cc1N. The van der Waals surface area contributed by atoms with Gasteiger partial charge >= 0.3 is 0 Å². The molecule has 0 aliphatic heterocycles. The normalized spacial score (nSPS) is 10.3. The van der Waals surface area contributed by atoms with Gasteiger partial charge in [-0.15, -0.1) is 0 Å². The van der Waals surface area contributed by atoms with Crippen molar-refractivity contribution in [1.29, 1.82) is 0 Å². The summed E-state index contributed by atoms with van der Waals surface area (Å²) in [6.45, 7) is 0.886. The van der Waals surface area contributed by atoms with Gasteiger partial charge in [0.05, 0.1) is 11.4 Å². The van der Waals surface area contributed by atoms with E-state index in [1.165, 1.54) is 5.56 Å². The average Bonchev–Trinajstić information content (AvgIpc) is 2.37. The van der Waals surface area contributed by atoms with Gasteiger partial charge in [0.25, 0.3) is 0 Å². The van der Waals surface area contributed by atoms with Crippen LogP contribution in [0.4, 0.5) is 11.4 Å². The third kappa shape index (κ3) is 3.14. The summed E-state index contributed by atoms with van der Waals surface area (Å²) in [5.74, 6) is 0. The summed E-state index contributed by atoms with van der Waals surface area (Å²) in [5.41, 5.74) is 8.88. The zero-order chi connectivity index (χ0) is 13.0. The lowest BCUT2D eigenvalue weighted by Crippen LogP contribution is -2.21. The molecule has 0 saturated carbocycles. The Bertz CT molecular complexity index is 514. The first-order valence-electron chi connectivity index (χ1n) is 5.82. The molecular formula is C14H16ClN3. The lowest BCUT2D eigenvalue weighted by atomic mass is 10.2. The average molecular weight is 262 g/mol. The topological polar surface area (TPSA) is 42.2 Å². The predicted molar refractivity (Wildman–Crippen MR) is 77.1 cm³/mol. The first kappa shape index (κ1) is 12.7. The van der Waals surface area contributed by atoms with Crippen LogP contribution in [0.1, 0.15) is 5.56 Å². The van der Waals surface area contributed by atoms with Crippen molar-refractivity contribution in [3.63, 3.8) is 0 Å². The van der Waals surface area contributed by atoms with E-state index in [0.29, 0.717) is 10.7 Å². The van der Waals surface area contributed by atoms with Crippen LogP contribution in [0.25, 0.3) is 0 Å². The predicted octanol–water partition coefficient (Wildman–Crippen LogP) is 3.00. The molecule has 0 spiro atoms. The van der Waals surface area contributed by atoms with Gasteiger partial charge in [-0.25, -0.2) is 0 Å². The number of nitrogen functional groups attached to an aromatic ring is 1. The van der Waals surface area contributed by atoms with E-state index in [-0.39, 0.29) is 0 Å². The number of benzene rings is 1. The van der Waals surface area contributed by atoms with Crippen molar-refractivity contribution >= 4 is 23.0 Å². The van der Waals surface area contributed by atoms with Crippen LogP contribution in [-0.2, 0) is 6.42 Å². The van der Waals surface area contributed by atoms with Crippen molar-refractivity contribution in [2.24, 2.45) is 0 Å². The highest BCUT2D eigenvalue weighted by Gasteiger charge is 2.05. The number of likely N-dealkylation sites (N-methyl/N-ethyl adjacent to an activating group) is 1. The van der Waals surface area contributed by atoms with Crippen molar-refractivity contribution in [3.8, 4) is 0 Å². The summed E-state index contributed by atoms with van der Waals surface area (Å²) in [7, 11) is 2.02. The Hall–Kier alpha value is -1.74. The highest BCUT2D eigenvalue weighted by molar-refractivity contribution is 6.31. The van der Waals surface area contributed by atoms with Crippen molar-refractivity contribution < 1.29 is 0 Å². The minimum absolute atomic E-state index is 0.664. The van der Waals surface area contributed by atoms with Crippen LogP contribution < -0.4 is 10.6 Å². The Labute approximate surface area is 112 Å². The summed E-state index contributed by atoms with van der Waals surface area (Å²) >= 11 is 5.89. The number of hydrogen-bond acceptors (Lipinski definition) is 3. The van der Waals surface area contributed by atoms with Crippen LogP contribution >= 0.6 is 11.6 Å². The van der Waals surface area contributed by atoms with Crippen LogP contribution in [0.5, 0.6) is 0 Å². The molecule has 1 aromatic heterocycles.